The average molecular weight is 203 g/mol. The first-order valence-corrected chi connectivity index (χ1v) is 4.35. The van der Waals surface area contributed by atoms with Crippen molar-refractivity contribution in [2.24, 2.45) is 0 Å². The number of hydrogen-bond donors (Lipinski definition) is 3. The van der Waals surface area contributed by atoms with Crippen LogP contribution in [0.15, 0.2) is 35.6 Å². The van der Waals surface area contributed by atoms with E-state index in [-0.39, 0.29) is 11.6 Å². The maximum atomic E-state index is 11.1. The number of carbonyl (C=O) groups is 1. The van der Waals surface area contributed by atoms with E-state index in [0.717, 1.165) is 0 Å². The number of fused-ring (bicyclic) bond motifs is 1. The first-order chi connectivity index (χ1) is 7.20. The molecule has 0 aliphatic carbocycles. The van der Waals surface area contributed by atoms with Crippen molar-refractivity contribution in [2.75, 3.05) is 5.32 Å². The third-order valence-electron chi connectivity index (χ3n) is 1.99. The van der Waals surface area contributed by atoms with E-state index in [9.17, 15) is 9.59 Å². The van der Waals surface area contributed by atoms with Gasteiger partial charge in [0.15, 0.2) is 0 Å². The second-order valence-electron chi connectivity index (χ2n) is 3.00. The van der Waals surface area contributed by atoms with E-state index in [1.54, 1.807) is 18.2 Å². The van der Waals surface area contributed by atoms with E-state index in [4.69, 9.17) is 0 Å². The fourth-order valence-corrected chi connectivity index (χ4v) is 1.35. The van der Waals surface area contributed by atoms with Crippen molar-refractivity contribution in [1.82, 2.24) is 9.97 Å². The van der Waals surface area contributed by atoms with Gasteiger partial charge in [-0.15, -0.1) is 0 Å². The van der Waals surface area contributed by atoms with Crippen LogP contribution in [-0.4, -0.2) is 15.9 Å². The summed E-state index contributed by atoms with van der Waals surface area (Å²) in [7, 11) is 0. The van der Waals surface area contributed by atoms with Gasteiger partial charge < -0.3 is 15.3 Å². The van der Waals surface area contributed by atoms with Crippen molar-refractivity contribution in [3.8, 4) is 0 Å². The molecular weight excluding hydrogens is 194 g/mol. The average Bonchev–Trinajstić information content (AvgIpc) is 2.59. The molecule has 2 aromatic rings. The van der Waals surface area contributed by atoms with Gasteiger partial charge in [0, 0.05) is 0 Å². The lowest BCUT2D eigenvalue weighted by Crippen LogP contribution is -2.07. The molecule has 0 radical (unpaired) electrons. The first-order valence-electron chi connectivity index (χ1n) is 4.35. The fraction of sp³-hybridized carbons (Fsp3) is 0. The van der Waals surface area contributed by atoms with Crippen LogP contribution in [0.4, 0.5) is 5.69 Å². The summed E-state index contributed by atoms with van der Waals surface area (Å²) in [6, 6.07) is 5.19. The normalized spacial score (nSPS) is 10.1. The molecule has 76 valence electrons. The van der Waals surface area contributed by atoms with Gasteiger partial charge in [-0.2, -0.15) is 0 Å². The molecule has 0 saturated carbocycles. The quantitative estimate of drug-likeness (QED) is 0.636. The minimum absolute atomic E-state index is 0.301. The number of imidazole rings is 1. The van der Waals surface area contributed by atoms with Crippen LogP contribution >= 0.6 is 0 Å². The molecule has 0 aliphatic rings. The zero-order valence-corrected chi connectivity index (χ0v) is 7.83. The smallest absolute Gasteiger partial charge is 0.321 e. The lowest BCUT2D eigenvalue weighted by Gasteiger charge is -2.02. The van der Waals surface area contributed by atoms with Crippen LogP contribution in [-0.2, 0) is 4.79 Å². The van der Waals surface area contributed by atoms with E-state index in [1.807, 2.05) is 0 Å². The van der Waals surface area contributed by atoms with Crippen LogP contribution in [0.5, 0.6) is 0 Å². The molecule has 0 aliphatic heterocycles. The number of para-hydroxylation sites is 1. The molecule has 0 bridgehead atoms. The molecule has 0 saturated heterocycles. The molecule has 15 heavy (non-hydrogen) atoms. The van der Waals surface area contributed by atoms with E-state index >= 15 is 0 Å². The van der Waals surface area contributed by atoms with E-state index in [1.165, 1.54) is 6.08 Å². The van der Waals surface area contributed by atoms with Crippen LogP contribution in [0.3, 0.4) is 0 Å². The molecule has 3 N–H and O–H groups in total. The summed E-state index contributed by atoms with van der Waals surface area (Å²) in [6.07, 6.45) is 1.17. The Morgan fingerprint density at radius 1 is 1.40 bits per heavy atom. The number of aromatic nitrogens is 2. The van der Waals surface area contributed by atoms with Gasteiger partial charge in [-0.1, -0.05) is 12.6 Å². The fourth-order valence-electron chi connectivity index (χ4n) is 1.35. The highest BCUT2D eigenvalue weighted by molar-refractivity contribution is 6.04. The minimum Gasteiger partial charge on any atom is -0.321 e. The Hall–Kier alpha value is -2.30. The van der Waals surface area contributed by atoms with Gasteiger partial charge in [0.05, 0.1) is 16.7 Å². The maximum absolute atomic E-state index is 11.1. The number of aromatic amines is 2. The second kappa shape index (κ2) is 3.45. The summed E-state index contributed by atoms with van der Waals surface area (Å²) in [4.78, 5) is 27.4. The number of hydrogen-bond acceptors (Lipinski definition) is 2. The van der Waals surface area contributed by atoms with Crippen molar-refractivity contribution in [1.29, 1.82) is 0 Å². The summed E-state index contributed by atoms with van der Waals surface area (Å²) in [5.74, 6) is -0.315. The molecule has 0 atom stereocenters. The van der Waals surface area contributed by atoms with Crippen LogP contribution in [0.25, 0.3) is 11.0 Å². The Balaban J connectivity index is 2.55. The topological polar surface area (TPSA) is 77.8 Å². The zero-order chi connectivity index (χ0) is 10.8. The Morgan fingerprint density at radius 2 is 2.20 bits per heavy atom. The molecule has 0 spiro atoms. The monoisotopic (exact) mass is 203 g/mol. The van der Waals surface area contributed by atoms with Crippen molar-refractivity contribution < 1.29 is 4.79 Å². The van der Waals surface area contributed by atoms with Crippen molar-refractivity contribution >= 4 is 22.6 Å². The van der Waals surface area contributed by atoms with Crippen LogP contribution in [0, 0.1) is 0 Å². The third kappa shape index (κ3) is 1.67. The predicted molar refractivity (Wildman–Crippen MR) is 57.7 cm³/mol. The Labute approximate surface area is 84.8 Å². The van der Waals surface area contributed by atoms with Crippen molar-refractivity contribution in [3.63, 3.8) is 0 Å². The Kier molecular flexibility index (Phi) is 2.13. The standard InChI is InChI=1S/C10H9N3O2/c1-2-8(14)11-6-4-3-5-7-9(6)13-10(15)12-7/h2-5H,1H2,(H,11,14)(H2,12,13,15). The highest BCUT2D eigenvalue weighted by Gasteiger charge is 2.05. The number of anilines is 1. The zero-order valence-electron chi connectivity index (χ0n) is 7.83. The van der Waals surface area contributed by atoms with Gasteiger partial charge in [-0.05, 0) is 18.2 Å². The Bertz CT molecular complexity index is 580. The maximum Gasteiger partial charge on any atom is 0.323 e. The molecular formula is C10H9N3O2. The number of rotatable bonds is 2. The second-order valence-corrected chi connectivity index (χ2v) is 3.00. The third-order valence-corrected chi connectivity index (χ3v) is 1.99. The van der Waals surface area contributed by atoms with E-state index in [2.05, 4.69) is 21.9 Å². The molecule has 0 fully saturated rings. The summed E-state index contributed by atoms with van der Waals surface area (Å²) >= 11 is 0. The molecule has 1 amide bonds. The molecule has 1 aromatic carbocycles. The first kappa shape index (κ1) is 9.26. The van der Waals surface area contributed by atoms with Gasteiger partial charge in [-0.3, -0.25) is 4.79 Å². The lowest BCUT2D eigenvalue weighted by molar-refractivity contribution is -0.111. The van der Waals surface area contributed by atoms with Crippen molar-refractivity contribution in [2.45, 2.75) is 0 Å². The SMILES string of the molecule is C=CC(=O)Nc1cccc2[nH]c(=O)[nH]c12. The molecule has 2 rings (SSSR count). The van der Waals surface area contributed by atoms with Gasteiger partial charge >= 0.3 is 5.69 Å². The van der Waals surface area contributed by atoms with E-state index < -0.39 is 0 Å². The molecule has 0 unspecified atom stereocenters. The molecule has 5 heteroatoms. The number of carbonyl (C=O) groups excluding carboxylic acids is 1. The Morgan fingerprint density at radius 3 is 2.93 bits per heavy atom. The predicted octanol–water partition coefficient (Wildman–Crippen LogP) is 0.981. The van der Waals surface area contributed by atoms with E-state index in [0.29, 0.717) is 16.7 Å². The van der Waals surface area contributed by atoms with Crippen molar-refractivity contribution in [3.05, 3.63) is 41.3 Å². The van der Waals surface area contributed by atoms with Crippen LogP contribution < -0.4 is 11.0 Å². The van der Waals surface area contributed by atoms with Gasteiger partial charge in [0.2, 0.25) is 5.91 Å². The van der Waals surface area contributed by atoms with Crippen LogP contribution in [0.2, 0.25) is 0 Å². The number of nitrogens with one attached hydrogen (secondary N) is 3. The molecule has 1 heterocycles. The summed E-state index contributed by atoms with van der Waals surface area (Å²) < 4.78 is 0. The highest BCUT2D eigenvalue weighted by Crippen LogP contribution is 2.17. The van der Waals surface area contributed by atoms with Crippen LogP contribution in [0.1, 0.15) is 0 Å². The number of H-pyrrole nitrogens is 2. The summed E-state index contributed by atoms with van der Waals surface area (Å²) in [5, 5.41) is 2.60. The molecule has 5 nitrogen and oxygen atoms in total. The molecule has 1 aromatic heterocycles. The van der Waals surface area contributed by atoms with Gasteiger partial charge in [0.25, 0.3) is 0 Å². The number of benzene rings is 1. The van der Waals surface area contributed by atoms with Gasteiger partial charge in [-0.25, -0.2) is 4.79 Å². The largest absolute Gasteiger partial charge is 0.323 e. The highest BCUT2D eigenvalue weighted by atomic mass is 16.1. The lowest BCUT2D eigenvalue weighted by atomic mass is 10.2. The van der Waals surface area contributed by atoms with Gasteiger partial charge in [0.1, 0.15) is 0 Å². The summed E-state index contributed by atoms with van der Waals surface area (Å²) in [5.41, 5.74) is 1.49. The summed E-state index contributed by atoms with van der Waals surface area (Å²) in [6.45, 7) is 3.35. The number of amides is 1. The minimum atomic E-state index is -0.315.